The molecule has 1 aliphatic rings. The summed E-state index contributed by atoms with van der Waals surface area (Å²) in [5.41, 5.74) is 0. The lowest BCUT2D eigenvalue weighted by Gasteiger charge is -2.22. The largest absolute Gasteiger partial charge is 0.391 e. The minimum atomic E-state index is -0.289. The molecule has 2 unspecified atom stereocenters. The molecular formula is C9H12ClN3O. The molecule has 76 valence electrons. The molecule has 5 heteroatoms. The fourth-order valence-corrected chi connectivity index (χ4v) is 2.02. The highest BCUT2D eigenvalue weighted by Crippen LogP contribution is 2.27. The van der Waals surface area contributed by atoms with Gasteiger partial charge in [-0.3, -0.25) is 0 Å². The Labute approximate surface area is 87.5 Å². The molecule has 0 radical (unpaired) electrons. The predicted octanol–water partition coefficient (Wildman–Crippen LogP) is 1.09. The Morgan fingerprint density at radius 3 is 2.79 bits per heavy atom. The molecule has 0 bridgehead atoms. The zero-order valence-electron chi connectivity index (χ0n) is 7.89. The van der Waals surface area contributed by atoms with E-state index in [0.29, 0.717) is 17.5 Å². The van der Waals surface area contributed by atoms with E-state index >= 15 is 0 Å². The molecule has 2 atom stereocenters. The monoisotopic (exact) mass is 213 g/mol. The third-order valence-corrected chi connectivity index (χ3v) is 2.73. The molecule has 0 aromatic carbocycles. The molecular weight excluding hydrogens is 202 g/mol. The second-order valence-corrected chi connectivity index (χ2v) is 3.92. The lowest BCUT2D eigenvalue weighted by atomic mass is 10.2. The first-order chi connectivity index (χ1) is 6.68. The van der Waals surface area contributed by atoms with Crippen LogP contribution in [-0.4, -0.2) is 33.8 Å². The van der Waals surface area contributed by atoms with Crippen molar-refractivity contribution in [3.63, 3.8) is 0 Å². The number of hydrogen-bond acceptors (Lipinski definition) is 4. The van der Waals surface area contributed by atoms with E-state index in [1.165, 1.54) is 0 Å². The van der Waals surface area contributed by atoms with Gasteiger partial charge < -0.3 is 10.0 Å². The van der Waals surface area contributed by atoms with Crippen molar-refractivity contribution in [2.24, 2.45) is 0 Å². The number of hydrogen-bond donors (Lipinski definition) is 1. The average Bonchev–Trinajstić information content (AvgIpc) is 2.46. The molecule has 0 spiro atoms. The maximum atomic E-state index is 9.49. The van der Waals surface area contributed by atoms with Gasteiger partial charge >= 0.3 is 0 Å². The van der Waals surface area contributed by atoms with Gasteiger partial charge in [-0.15, -0.1) is 0 Å². The second kappa shape index (κ2) is 3.71. The summed E-state index contributed by atoms with van der Waals surface area (Å²) in [5, 5.41) is 9.89. The van der Waals surface area contributed by atoms with Crippen molar-refractivity contribution >= 4 is 17.4 Å². The van der Waals surface area contributed by atoms with E-state index in [1.807, 2.05) is 11.8 Å². The highest BCUT2D eigenvalue weighted by Gasteiger charge is 2.29. The minimum Gasteiger partial charge on any atom is -0.391 e. The van der Waals surface area contributed by atoms with E-state index in [-0.39, 0.29) is 12.1 Å². The number of β-amino-alcohol motifs (C(OH)–C–C–N with tert-alkyl or cyclic N) is 1. The lowest BCUT2D eigenvalue weighted by molar-refractivity contribution is 0.195. The van der Waals surface area contributed by atoms with Crippen LogP contribution in [0.25, 0.3) is 0 Å². The van der Waals surface area contributed by atoms with Gasteiger partial charge in [0.2, 0.25) is 0 Å². The van der Waals surface area contributed by atoms with Crippen LogP contribution in [0.3, 0.4) is 0 Å². The Bertz CT molecular complexity index is 334. The van der Waals surface area contributed by atoms with Crippen LogP contribution in [0.15, 0.2) is 12.4 Å². The van der Waals surface area contributed by atoms with Crippen LogP contribution < -0.4 is 4.90 Å². The van der Waals surface area contributed by atoms with Gasteiger partial charge in [-0.25, -0.2) is 9.97 Å². The van der Waals surface area contributed by atoms with Crippen molar-refractivity contribution in [1.82, 2.24) is 9.97 Å². The summed E-state index contributed by atoms with van der Waals surface area (Å²) in [7, 11) is 0. The van der Waals surface area contributed by atoms with Gasteiger partial charge in [0.15, 0.2) is 11.0 Å². The van der Waals surface area contributed by atoms with E-state index in [2.05, 4.69) is 9.97 Å². The molecule has 1 aromatic rings. The van der Waals surface area contributed by atoms with Gasteiger partial charge in [0.25, 0.3) is 0 Å². The normalized spacial score (nSPS) is 26.9. The van der Waals surface area contributed by atoms with Crippen LogP contribution in [0, 0.1) is 0 Å². The first kappa shape index (κ1) is 9.68. The van der Waals surface area contributed by atoms with E-state index in [4.69, 9.17) is 11.6 Å². The van der Waals surface area contributed by atoms with Gasteiger partial charge in [-0.1, -0.05) is 11.6 Å². The molecule has 0 amide bonds. The molecule has 2 rings (SSSR count). The topological polar surface area (TPSA) is 49.2 Å². The Morgan fingerprint density at radius 1 is 1.50 bits per heavy atom. The van der Waals surface area contributed by atoms with Crippen molar-refractivity contribution in [2.45, 2.75) is 25.5 Å². The molecule has 14 heavy (non-hydrogen) atoms. The Kier molecular flexibility index (Phi) is 2.56. The van der Waals surface area contributed by atoms with Crippen LogP contribution in [-0.2, 0) is 0 Å². The summed E-state index contributed by atoms with van der Waals surface area (Å²) < 4.78 is 0. The van der Waals surface area contributed by atoms with Crippen LogP contribution in [0.1, 0.15) is 13.3 Å². The van der Waals surface area contributed by atoms with Crippen LogP contribution in [0.4, 0.5) is 5.82 Å². The molecule has 1 aliphatic heterocycles. The third-order valence-electron chi connectivity index (χ3n) is 2.46. The van der Waals surface area contributed by atoms with Crippen LogP contribution in [0.2, 0.25) is 5.15 Å². The van der Waals surface area contributed by atoms with Crippen LogP contribution >= 0.6 is 11.6 Å². The van der Waals surface area contributed by atoms with Crippen molar-refractivity contribution in [3.05, 3.63) is 17.5 Å². The first-order valence-corrected chi connectivity index (χ1v) is 4.97. The summed E-state index contributed by atoms with van der Waals surface area (Å²) in [4.78, 5) is 10.1. The van der Waals surface area contributed by atoms with Crippen molar-refractivity contribution in [3.8, 4) is 0 Å². The van der Waals surface area contributed by atoms with E-state index in [0.717, 1.165) is 6.42 Å². The number of nitrogens with zero attached hydrogens (tertiary/aromatic N) is 3. The number of halogens is 1. The van der Waals surface area contributed by atoms with E-state index in [1.54, 1.807) is 12.4 Å². The zero-order valence-corrected chi connectivity index (χ0v) is 8.65. The molecule has 2 heterocycles. The molecule has 0 saturated carbocycles. The third kappa shape index (κ3) is 1.67. The maximum Gasteiger partial charge on any atom is 0.171 e. The number of aromatic nitrogens is 2. The van der Waals surface area contributed by atoms with E-state index < -0.39 is 0 Å². The molecule has 0 aliphatic carbocycles. The fraction of sp³-hybridized carbons (Fsp3) is 0.556. The summed E-state index contributed by atoms with van der Waals surface area (Å²) in [5.74, 6) is 0.665. The van der Waals surface area contributed by atoms with Gasteiger partial charge in [0, 0.05) is 25.0 Å². The fourth-order valence-electron chi connectivity index (χ4n) is 1.80. The quantitative estimate of drug-likeness (QED) is 0.759. The highest BCUT2D eigenvalue weighted by atomic mass is 35.5. The summed E-state index contributed by atoms with van der Waals surface area (Å²) in [6.45, 7) is 2.63. The summed E-state index contributed by atoms with van der Waals surface area (Å²) in [6, 6.07) is 0.263. The lowest BCUT2D eigenvalue weighted by Crippen LogP contribution is -2.28. The molecule has 1 aromatic heterocycles. The SMILES string of the molecule is CC1CC(O)CN1c1nccnc1Cl. The number of aliphatic hydroxyl groups excluding tert-OH is 1. The molecule has 1 N–H and O–H groups in total. The first-order valence-electron chi connectivity index (χ1n) is 4.59. The second-order valence-electron chi connectivity index (χ2n) is 3.56. The predicted molar refractivity (Wildman–Crippen MR) is 54.5 cm³/mol. The standard InChI is InChI=1S/C9H12ClN3O/c1-6-4-7(14)5-13(6)9-8(10)11-2-3-12-9/h2-3,6-7,14H,4-5H2,1H3. The minimum absolute atomic E-state index is 0.263. The molecule has 1 saturated heterocycles. The number of aliphatic hydroxyl groups is 1. The van der Waals surface area contributed by atoms with Crippen LogP contribution in [0.5, 0.6) is 0 Å². The van der Waals surface area contributed by atoms with Gasteiger partial charge in [0.05, 0.1) is 6.10 Å². The van der Waals surface area contributed by atoms with Gasteiger partial charge in [-0.2, -0.15) is 0 Å². The number of anilines is 1. The maximum absolute atomic E-state index is 9.49. The smallest absolute Gasteiger partial charge is 0.171 e. The number of rotatable bonds is 1. The average molecular weight is 214 g/mol. The molecule has 1 fully saturated rings. The van der Waals surface area contributed by atoms with Gasteiger partial charge in [-0.05, 0) is 13.3 Å². The Balaban J connectivity index is 2.27. The van der Waals surface area contributed by atoms with Crippen molar-refractivity contribution < 1.29 is 5.11 Å². The Hall–Kier alpha value is -0.870. The van der Waals surface area contributed by atoms with E-state index in [9.17, 15) is 5.11 Å². The zero-order chi connectivity index (χ0) is 10.1. The van der Waals surface area contributed by atoms with Crippen molar-refractivity contribution in [2.75, 3.05) is 11.4 Å². The summed E-state index contributed by atoms with van der Waals surface area (Å²) in [6.07, 6.45) is 3.64. The van der Waals surface area contributed by atoms with Gasteiger partial charge in [0.1, 0.15) is 0 Å². The Morgan fingerprint density at radius 2 is 2.21 bits per heavy atom. The molecule has 4 nitrogen and oxygen atoms in total. The van der Waals surface area contributed by atoms with Crippen molar-refractivity contribution in [1.29, 1.82) is 0 Å². The highest BCUT2D eigenvalue weighted by molar-refractivity contribution is 6.31. The summed E-state index contributed by atoms with van der Waals surface area (Å²) >= 11 is 5.92.